The van der Waals surface area contributed by atoms with Gasteiger partial charge in [0, 0.05) is 24.3 Å². The number of hydrogen-bond acceptors (Lipinski definition) is 4. The predicted molar refractivity (Wildman–Crippen MR) is 119 cm³/mol. The number of fused-ring (bicyclic) bond motifs is 2. The lowest BCUT2D eigenvalue weighted by Gasteiger charge is -2.22. The van der Waals surface area contributed by atoms with E-state index >= 15 is 0 Å². The first-order valence-corrected chi connectivity index (χ1v) is 10.8. The van der Waals surface area contributed by atoms with Crippen molar-refractivity contribution in [1.82, 2.24) is 15.1 Å². The summed E-state index contributed by atoms with van der Waals surface area (Å²) in [4.78, 5) is 53.4. The van der Waals surface area contributed by atoms with Crippen molar-refractivity contribution in [3.8, 4) is 0 Å². The van der Waals surface area contributed by atoms with Crippen LogP contribution in [0.1, 0.15) is 41.8 Å². The number of benzene rings is 2. The topological polar surface area (TPSA) is 98.8 Å². The normalized spacial score (nSPS) is 19.1. The molecule has 0 aromatic heterocycles. The van der Waals surface area contributed by atoms with Crippen LogP contribution in [-0.4, -0.2) is 53.2 Å². The SMILES string of the molecule is CCN(CC)C(=O)c1ccc(NC(=O)CN2C(=O)N[C@@]3(CCc4ccccc43)C2=O)cc1. The van der Waals surface area contributed by atoms with Crippen LogP contribution in [0.2, 0.25) is 0 Å². The molecule has 166 valence electrons. The summed E-state index contributed by atoms with van der Waals surface area (Å²) < 4.78 is 0. The molecule has 1 aliphatic carbocycles. The Morgan fingerprint density at radius 3 is 2.44 bits per heavy atom. The number of carbonyl (C=O) groups excluding carboxylic acids is 4. The average molecular weight is 434 g/mol. The number of anilines is 1. The molecule has 32 heavy (non-hydrogen) atoms. The van der Waals surface area contributed by atoms with Crippen molar-refractivity contribution >= 4 is 29.4 Å². The van der Waals surface area contributed by atoms with Crippen molar-refractivity contribution in [3.05, 3.63) is 65.2 Å². The molecule has 0 radical (unpaired) electrons. The highest BCUT2D eigenvalue weighted by Gasteiger charge is 2.55. The number of urea groups is 1. The molecule has 1 aliphatic heterocycles. The van der Waals surface area contributed by atoms with Gasteiger partial charge in [-0.05, 0) is 62.1 Å². The third-order valence-electron chi connectivity index (χ3n) is 6.19. The first-order valence-electron chi connectivity index (χ1n) is 10.8. The fourth-order valence-corrected chi connectivity index (χ4v) is 4.47. The van der Waals surface area contributed by atoms with Crippen LogP contribution in [0.5, 0.6) is 0 Å². The lowest BCUT2D eigenvalue weighted by molar-refractivity contribution is -0.134. The Labute approximate surface area is 186 Å². The van der Waals surface area contributed by atoms with Crippen LogP contribution in [-0.2, 0) is 21.5 Å². The number of imide groups is 1. The molecular formula is C24H26N4O4. The van der Waals surface area contributed by atoms with E-state index in [2.05, 4.69) is 10.6 Å². The molecule has 2 aromatic rings. The van der Waals surface area contributed by atoms with E-state index in [0.29, 0.717) is 37.2 Å². The van der Waals surface area contributed by atoms with Gasteiger partial charge in [-0.1, -0.05) is 24.3 Å². The largest absolute Gasteiger partial charge is 0.339 e. The van der Waals surface area contributed by atoms with Gasteiger partial charge < -0.3 is 15.5 Å². The molecule has 0 unspecified atom stereocenters. The molecule has 0 bridgehead atoms. The number of aryl methyl sites for hydroxylation is 1. The van der Waals surface area contributed by atoms with E-state index in [1.807, 2.05) is 38.1 Å². The zero-order valence-corrected chi connectivity index (χ0v) is 18.2. The molecule has 2 aromatic carbocycles. The minimum Gasteiger partial charge on any atom is -0.339 e. The van der Waals surface area contributed by atoms with Crippen molar-refractivity contribution in [3.63, 3.8) is 0 Å². The highest BCUT2D eigenvalue weighted by molar-refractivity contribution is 6.11. The summed E-state index contributed by atoms with van der Waals surface area (Å²) in [6, 6.07) is 13.5. The quantitative estimate of drug-likeness (QED) is 0.683. The molecular weight excluding hydrogens is 408 g/mol. The standard InChI is InChI=1S/C24H26N4O4/c1-3-27(4-2)21(30)17-9-11-18(12-10-17)25-20(29)15-28-22(31)24(26-23(28)32)14-13-16-7-5-6-8-19(16)24/h5-12H,3-4,13-15H2,1-2H3,(H,25,29)(H,26,32)/t24-/m1/s1. The lowest BCUT2D eigenvalue weighted by atomic mass is 9.92. The van der Waals surface area contributed by atoms with Crippen LogP contribution < -0.4 is 10.6 Å². The molecule has 1 fully saturated rings. The maximum absolute atomic E-state index is 13.2. The fourth-order valence-electron chi connectivity index (χ4n) is 4.47. The zero-order valence-electron chi connectivity index (χ0n) is 18.2. The molecule has 1 spiro atoms. The number of carbonyl (C=O) groups is 4. The van der Waals surface area contributed by atoms with Gasteiger partial charge in [0.1, 0.15) is 12.1 Å². The predicted octanol–water partition coefficient (Wildman–Crippen LogP) is 2.50. The summed E-state index contributed by atoms with van der Waals surface area (Å²) in [5, 5.41) is 5.51. The van der Waals surface area contributed by atoms with Gasteiger partial charge >= 0.3 is 6.03 Å². The summed E-state index contributed by atoms with van der Waals surface area (Å²) in [6.07, 6.45) is 1.18. The number of nitrogens with one attached hydrogen (secondary N) is 2. The van der Waals surface area contributed by atoms with Crippen molar-refractivity contribution in [2.75, 3.05) is 25.0 Å². The Balaban J connectivity index is 1.42. The maximum Gasteiger partial charge on any atom is 0.325 e. The van der Waals surface area contributed by atoms with E-state index in [9.17, 15) is 19.2 Å². The summed E-state index contributed by atoms with van der Waals surface area (Å²) in [6.45, 7) is 4.69. The molecule has 2 N–H and O–H groups in total. The monoisotopic (exact) mass is 434 g/mol. The number of nitrogens with zero attached hydrogens (tertiary/aromatic N) is 2. The van der Waals surface area contributed by atoms with Crippen LogP contribution in [0.4, 0.5) is 10.5 Å². The summed E-state index contributed by atoms with van der Waals surface area (Å²) >= 11 is 0. The Hall–Kier alpha value is -3.68. The second-order valence-electron chi connectivity index (χ2n) is 7.99. The van der Waals surface area contributed by atoms with E-state index in [4.69, 9.17) is 0 Å². The molecule has 4 rings (SSSR count). The van der Waals surface area contributed by atoms with Gasteiger partial charge in [0.15, 0.2) is 0 Å². The Morgan fingerprint density at radius 2 is 1.75 bits per heavy atom. The summed E-state index contributed by atoms with van der Waals surface area (Å²) in [5.41, 5.74) is 1.77. The minimum absolute atomic E-state index is 0.0747. The van der Waals surface area contributed by atoms with Gasteiger partial charge in [0.05, 0.1) is 0 Å². The lowest BCUT2D eigenvalue weighted by Crippen LogP contribution is -2.43. The van der Waals surface area contributed by atoms with E-state index in [1.165, 1.54) is 0 Å². The maximum atomic E-state index is 13.2. The average Bonchev–Trinajstić information content (AvgIpc) is 3.28. The van der Waals surface area contributed by atoms with E-state index in [-0.39, 0.29) is 12.5 Å². The Bertz CT molecular complexity index is 1080. The smallest absolute Gasteiger partial charge is 0.325 e. The Kier molecular flexibility index (Phi) is 5.69. The van der Waals surface area contributed by atoms with Crippen molar-refractivity contribution in [2.24, 2.45) is 0 Å². The molecule has 0 saturated carbocycles. The van der Waals surface area contributed by atoms with Crippen LogP contribution in [0.25, 0.3) is 0 Å². The molecule has 1 atom stereocenters. The fraction of sp³-hybridized carbons (Fsp3) is 0.333. The van der Waals surface area contributed by atoms with Crippen molar-refractivity contribution < 1.29 is 19.2 Å². The highest BCUT2D eigenvalue weighted by Crippen LogP contribution is 2.41. The van der Waals surface area contributed by atoms with Gasteiger partial charge in [-0.2, -0.15) is 0 Å². The third kappa shape index (κ3) is 3.62. The van der Waals surface area contributed by atoms with Crippen LogP contribution in [0, 0.1) is 0 Å². The van der Waals surface area contributed by atoms with E-state index in [1.54, 1.807) is 29.2 Å². The number of hydrogen-bond donors (Lipinski definition) is 2. The van der Waals surface area contributed by atoms with Crippen molar-refractivity contribution in [1.29, 1.82) is 0 Å². The summed E-state index contributed by atoms with van der Waals surface area (Å²) in [7, 11) is 0. The second kappa shape index (κ2) is 8.45. The van der Waals surface area contributed by atoms with Gasteiger partial charge in [0.25, 0.3) is 11.8 Å². The van der Waals surface area contributed by atoms with Crippen LogP contribution >= 0.6 is 0 Å². The molecule has 1 heterocycles. The first-order chi connectivity index (χ1) is 15.4. The van der Waals surface area contributed by atoms with Crippen molar-refractivity contribution in [2.45, 2.75) is 32.2 Å². The summed E-state index contributed by atoms with van der Waals surface area (Å²) in [5.74, 6) is -0.961. The molecule has 2 aliphatic rings. The van der Waals surface area contributed by atoms with Crippen LogP contribution in [0.3, 0.4) is 0 Å². The molecule has 8 heteroatoms. The van der Waals surface area contributed by atoms with Gasteiger partial charge in [-0.3, -0.25) is 19.3 Å². The van der Waals surface area contributed by atoms with Gasteiger partial charge in [-0.25, -0.2) is 4.79 Å². The minimum atomic E-state index is -1.08. The van der Waals surface area contributed by atoms with E-state index < -0.39 is 23.4 Å². The van der Waals surface area contributed by atoms with Crippen LogP contribution in [0.15, 0.2) is 48.5 Å². The van der Waals surface area contributed by atoms with Gasteiger partial charge in [0.2, 0.25) is 5.91 Å². The van der Waals surface area contributed by atoms with Gasteiger partial charge in [-0.15, -0.1) is 0 Å². The first kappa shape index (κ1) is 21.5. The Morgan fingerprint density at radius 1 is 1.06 bits per heavy atom. The molecule has 1 saturated heterocycles. The molecule has 5 amide bonds. The second-order valence-corrected chi connectivity index (χ2v) is 7.99. The molecule has 8 nitrogen and oxygen atoms in total. The number of amides is 5. The highest BCUT2D eigenvalue weighted by atomic mass is 16.2. The number of rotatable bonds is 6. The third-order valence-corrected chi connectivity index (χ3v) is 6.19. The zero-order chi connectivity index (χ0) is 22.9. The van der Waals surface area contributed by atoms with E-state index in [0.717, 1.165) is 16.0 Å².